The zero-order chi connectivity index (χ0) is 9.57. The van der Waals surface area contributed by atoms with Crippen LogP contribution in [0, 0.1) is 47.3 Å². The van der Waals surface area contributed by atoms with Gasteiger partial charge in [-0.15, -0.1) is 0 Å². The van der Waals surface area contributed by atoms with E-state index in [1.807, 2.05) is 0 Å². The van der Waals surface area contributed by atoms with Crippen LogP contribution >= 0.6 is 0 Å². The lowest BCUT2D eigenvalue weighted by atomic mass is 9.66. The third-order valence-corrected chi connectivity index (χ3v) is 6.42. The molecule has 4 bridgehead atoms. The maximum atomic E-state index is 2.57. The van der Waals surface area contributed by atoms with E-state index in [-0.39, 0.29) is 0 Å². The topological polar surface area (TPSA) is 0 Å². The molecule has 5 rings (SSSR count). The maximum Gasteiger partial charge on any atom is -0.0168 e. The van der Waals surface area contributed by atoms with Crippen molar-refractivity contribution in [2.24, 2.45) is 47.3 Å². The summed E-state index contributed by atoms with van der Waals surface area (Å²) in [5.74, 6) is 8.48. The molecule has 0 unspecified atom stereocenters. The monoisotopic (exact) mass is 198 g/mol. The molecule has 3 saturated carbocycles. The minimum absolute atomic E-state index is 0.991. The Morgan fingerprint density at radius 1 is 0.733 bits per heavy atom. The molecule has 5 aliphatic carbocycles. The highest BCUT2D eigenvalue weighted by Crippen LogP contribution is 2.70. The van der Waals surface area contributed by atoms with Gasteiger partial charge in [0.2, 0.25) is 0 Å². The molecule has 0 radical (unpaired) electrons. The molecule has 0 aromatic rings. The third kappa shape index (κ3) is 0.697. The average molecular weight is 198 g/mol. The average Bonchev–Trinajstić information content (AvgIpc) is 3.03. The third-order valence-electron chi connectivity index (χ3n) is 6.42. The first-order valence-corrected chi connectivity index (χ1v) is 6.78. The Kier molecular flexibility index (Phi) is 1.16. The predicted octanol–water partition coefficient (Wildman–Crippen LogP) is 3.27. The van der Waals surface area contributed by atoms with Gasteiger partial charge in [-0.05, 0) is 66.6 Å². The largest absolute Gasteiger partial charge is 0.0879 e. The Balaban J connectivity index is 1.63. The predicted molar refractivity (Wildman–Crippen MR) is 60.1 cm³/mol. The molecule has 3 fully saturated rings. The van der Waals surface area contributed by atoms with Gasteiger partial charge in [0.15, 0.2) is 0 Å². The Morgan fingerprint density at radius 3 is 2.40 bits per heavy atom. The van der Waals surface area contributed by atoms with E-state index in [1.54, 1.807) is 6.42 Å². The minimum Gasteiger partial charge on any atom is -0.0879 e. The standard InChI is InChI=1S/C15H18/c1-2-10-11(3-1)13-7-12(10)14-8-4-5-9(6-8)15(13)14/h1-2,4-5,8-15H,3,6-7H2/t8-,9+,10+,11-,12+,13-,14-,15+/m0/s1. The van der Waals surface area contributed by atoms with Crippen molar-refractivity contribution in [1.29, 1.82) is 0 Å². The van der Waals surface area contributed by atoms with E-state index >= 15 is 0 Å². The van der Waals surface area contributed by atoms with Crippen LogP contribution in [0.1, 0.15) is 19.3 Å². The highest BCUT2D eigenvalue weighted by molar-refractivity contribution is 5.25. The second-order valence-electron chi connectivity index (χ2n) is 6.57. The molecule has 5 aliphatic rings. The van der Waals surface area contributed by atoms with E-state index in [2.05, 4.69) is 24.3 Å². The van der Waals surface area contributed by atoms with Crippen molar-refractivity contribution in [2.75, 3.05) is 0 Å². The van der Waals surface area contributed by atoms with Gasteiger partial charge in [-0.3, -0.25) is 0 Å². The summed E-state index contributed by atoms with van der Waals surface area (Å²) in [6.45, 7) is 0. The number of allylic oxidation sites excluding steroid dienone is 4. The normalized spacial score (nSPS) is 66.7. The molecular formula is C15H18. The second kappa shape index (κ2) is 2.26. The Hall–Kier alpha value is -0.520. The molecule has 0 aromatic carbocycles. The lowest BCUT2D eigenvalue weighted by Gasteiger charge is -2.38. The van der Waals surface area contributed by atoms with Crippen LogP contribution in [0.25, 0.3) is 0 Å². The van der Waals surface area contributed by atoms with Crippen LogP contribution < -0.4 is 0 Å². The summed E-state index contributed by atoms with van der Waals surface area (Å²) in [6, 6.07) is 0. The van der Waals surface area contributed by atoms with Gasteiger partial charge in [-0.1, -0.05) is 24.3 Å². The van der Waals surface area contributed by atoms with E-state index in [0.717, 1.165) is 47.3 Å². The van der Waals surface area contributed by atoms with Gasteiger partial charge in [0.1, 0.15) is 0 Å². The molecule has 8 atom stereocenters. The highest BCUT2D eigenvalue weighted by atomic mass is 14.7. The van der Waals surface area contributed by atoms with Crippen LogP contribution in [0.5, 0.6) is 0 Å². The molecular weight excluding hydrogens is 180 g/mol. The summed E-state index contributed by atoms with van der Waals surface area (Å²) < 4.78 is 0. The summed E-state index contributed by atoms with van der Waals surface area (Å²) in [6.07, 6.45) is 14.7. The van der Waals surface area contributed by atoms with Crippen LogP contribution in [0.3, 0.4) is 0 Å². The van der Waals surface area contributed by atoms with Crippen molar-refractivity contribution in [2.45, 2.75) is 19.3 Å². The lowest BCUT2D eigenvalue weighted by Crippen LogP contribution is -2.34. The fourth-order valence-corrected chi connectivity index (χ4v) is 6.22. The quantitative estimate of drug-likeness (QED) is 0.414. The number of rotatable bonds is 0. The molecule has 0 heteroatoms. The number of hydrogen-bond acceptors (Lipinski definition) is 0. The Labute approximate surface area is 91.4 Å². The van der Waals surface area contributed by atoms with Crippen LogP contribution in [0.4, 0.5) is 0 Å². The van der Waals surface area contributed by atoms with Gasteiger partial charge >= 0.3 is 0 Å². The zero-order valence-electron chi connectivity index (χ0n) is 9.05. The number of fused-ring (bicyclic) bond motifs is 12. The molecule has 15 heavy (non-hydrogen) atoms. The fraction of sp³-hybridized carbons (Fsp3) is 0.733. The maximum absolute atomic E-state index is 2.57. The van der Waals surface area contributed by atoms with E-state index in [4.69, 9.17) is 0 Å². The molecule has 0 saturated heterocycles. The van der Waals surface area contributed by atoms with Crippen LogP contribution in [0.15, 0.2) is 24.3 Å². The summed E-state index contributed by atoms with van der Waals surface area (Å²) >= 11 is 0. The Morgan fingerprint density at radius 2 is 1.53 bits per heavy atom. The lowest BCUT2D eigenvalue weighted by molar-refractivity contribution is 0.121. The van der Waals surface area contributed by atoms with Gasteiger partial charge in [0, 0.05) is 0 Å². The van der Waals surface area contributed by atoms with Crippen molar-refractivity contribution in [1.82, 2.24) is 0 Å². The van der Waals surface area contributed by atoms with Gasteiger partial charge in [-0.2, -0.15) is 0 Å². The van der Waals surface area contributed by atoms with Gasteiger partial charge < -0.3 is 0 Å². The van der Waals surface area contributed by atoms with Crippen LogP contribution in [0.2, 0.25) is 0 Å². The molecule has 0 aliphatic heterocycles. The molecule has 0 nitrogen and oxygen atoms in total. The molecule has 0 amide bonds. The second-order valence-corrected chi connectivity index (χ2v) is 6.57. The van der Waals surface area contributed by atoms with Gasteiger partial charge in [0.25, 0.3) is 0 Å². The van der Waals surface area contributed by atoms with E-state index in [0.29, 0.717) is 0 Å². The first-order chi connectivity index (χ1) is 7.43. The van der Waals surface area contributed by atoms with Crippen LogP contribution in [-0.2, 0) is 0 Å². The summed E-state index contributed by atoms with van der Waals surface area (Å²) in [5.41, 5.74) is 0. The van der Waals surface area contributed by atoms with E-state index in [1.165, 1.54) is 12.8 Å². The Bertz CT molecular complexity index is 377. The first kappa shape index (κ1) is 7.70. The van der Waals surface area contributed by atoms with Crippen LogP contribution in [-0.4, -0.2) is 0 Å². The van der Waals surface area contributed by atoms with Crippen molar-refractivity contribution < 1.29 is 0 Å². The summed E-state index contributed by atoms with van der Waals surface area (Å²) in [5, 5.41) is 0. The fourth-order valence-electron chi connectivity index (χ4n) is 6.22. The molecule has 0 heterocycles. The molecule has 0 aromatic heterocycles. The van der Waals surface area contributed by atoms with Crippen molar-refractivity contribution >= 4 is 0 Å². The van der Waals surface area contributed by atoms with Crippen molar-refractivity contribution in [3.05, 3.63) is 24.3 Å². The van der Waals surface area contributed by atoms with E-state index in [9.17, 15) is 0 Å². The van der Waals surface area contributed by atoms with Crippen molar-refractivity contribution in [3.63, 3.8) is 0 Å². The summed E-state index contributed by atoms with van der Waals surface area (Å²) in [7, 11) is 0. The first-order valence-electron chi connectivity index (χ1n) is 6.78. The molecule has 0 spiro atoms. The van der Waals surface area contributed by atoms with Gasteiger partial charge in [0.05, 0.1) is 0 Å². The number of hydrogen-bond donors (Lipinski definition) is 0. The van der Waals surface area contributed by atoms with Gasteiger partial charge in [-0.25, -0.2) is 0 Å². The zero-order valence-corrected chi connectivity index (χ0v) is 9.05. The molecule has 78 valence electrons. The minimum atomic E-state index is 0.991. The molecule has 0 N–H and O–H groups in total. The summed E-state index contributed by atoms with van der Waals surface area (Å²) in [4.78, 5) is 0. The smallest absolute Gasteiger partial charge is 0.0168 e. The SMILES string of the molecule is C1=C[C@H]2[C@H]3C[C@@H]([C@H]2C1)[C@@H]1[C@H]3[C@H]2C=C[C@@H]1C2. The van der Waals surface area contributed by atoms with E-state index < -0.39 is 0 Å². The van der Waals surface area contributed by atoms with Crippen molar-refractivity contribution in [3.8, 4) is 0 Å². The highest BCUT2D eigenvalue weighted by Gasteiger charge is 2.64.